The molecule has 0 unspecified atom stereocenters. The van der Waals surface area contributed by atoms with Crippen LogP contribution in [0, 0.1) is 6.92 Å². The summed E-state index contributed by atoms with van der Waals surface area (Å²) in [7, 11) is 0. The molecule has 1 saturated heterocycles. The van der Waals surface area contributed by atoms with Crippen molar-refractivity contribution in [3.63, 3.8) is 0 Å². The van der Waals surface area contributed by atoms with Crippen molar-refractivity contribution in [2.75, 3.05) is 50.8 Å². The molecule has 1 aliphatic rings. The summed E-state index contributed by atoms with van der Waals surface area (Å²) in [4.78, 5) is 32.1. The number of benzene rings is 1. The van der Waals surface area contributed by atoms with E-state index in [0.717, 1.165) is 24.5 Å². The molecule has 36 heavy (non-hydrogen) atoms. The van der Waals surface area contributed by atoms with E-state index in [1.165, 1.54) is 4.90 Å². The van der Waals surface area contributed by atoms with Crippen molar-refractivity contribution in [3.8, 4) is 11.4 Å². The predicted molar refractivity (Wildman–Crippen MR) is 140 cm³/mol. The molecule has 194 valence electrons. The Bertz CT molecular complexity index is 1240. The first kappa shape index (κ1) is 26.1. The summed E-state index contributed by atoms with van der Waals surface area (Å²) in [5.41, 5.74) is 1.46. The highest BCUT2D eigenvalue weighted by molar-refractivity contribution is 6.33. The number of fused-ring (bicyclic) bond motifs is 1. The van der Waals surface area contributed by atoms with Crippen LogP contribution in [0.3, 0.4) is 0 Å². The molecule has 1 aromatic carbocycles. The SMILES string of the molecule is Cc1nc(N2CCN(CCF)CC2)c2nc(-c3ccccc3Cl)n(CCN(C(=O)O)C(C)(C)C)c2n1. The molecule has 0 atom stereocenters. The molecule has 0 radical (unpaired) electrons. The van der Waals surface area contributed by atoms with Crippen LogP contribution in [0.25, 0.3) is 22.6 Å². The third kappa shape index (κ3) is 5.39. The van der Waals surface area contributed by atoms with Gasteiger partial charge in [-0.15, -0.1) is 0 Å². The summed E-state index contributed by atoms with van der Waals surface area (Å²) >= 11 is 6.57. The Morgan fingerprint density at radius 1 is 1.11 bits per heavy atom. The van der Waals surface area contributed by atoms with Crippen molar-refractivity contribution in [2.45, 2.75) is 39.8 Å². The summed E-state index contributed by atoms with van der Waals surface area (Å²) in [6.45, 7) is 11.0. The lowest BCUT2D eigenvalue weighted by Crippen LogP contribution is -2.47. The first-order valence-corrected chi connectivity index (χ1v) is 12.5. The Balaban J connectivity index is 1.80. The number of anilines is 1. The predicted octanol–water partition coefficient (Wildman–Crippen LogP) is 4.33. The number of halogens is 2. The van der Waals surface area contributed by atoms with Crippen LogP contribution < -0.4 is 4.90 Å². The van der Waals surface area contributed by atoms with E-state index in [1.54, 1.807) is 6.07 Å². The highest BCUT2D eigenvalue weighted by atomic mass is 35.5. The van der Waals surface area contributed by atoms with Gasteiger partial charge in [0.05, 0.1) is 5.02 Å². The number of carboxylic acid groups (broad SMARTS) is 1. The van der Waals surface area contributed by atoms with Crippen LogP contribution in [0.2, 0.25) is 5.02 Å². The third-order valence-electron chi connectivity index (χ3n) is 6.46. The Morgan fingerprint density at radius 3 is 2.42 bits per heavy atom. The third-order valence-corrected chi connectivity index (χ3v) is 6.79. The van der Waals surface area contributed by atoms with Gasteiger partial charge in [0.2, 0.25) is 0 Å². The molecular formula is C25H33ClFN7O2. The second-order valence-electron chi connectivity index (χ2n) is 9.96. The zero-order chi connectivity index (χ0) is 26.0. The maximum Gasteiger partial charge on any atom is 0.407 e. The van der Waals surface area contributed by atoms with E-state index in [1.807, 2.05) is 50.5 Å². The van der Waals surface area contributed by atoms with Crippen LogP contribution >= 0.6 is 11.6 Å². The van der Waals surface area contributed by atoms with Crippen LogP contribution in [0.1, 0.15) is 26.6 Å². The van der Waals surface area contributed by atoms with Gasteiger partial charge in [-0.2, -0.15) is 0 Å². The average Bonchev–Trinajstić information content (AvgIpc) is 3.16. The number of carbonyl (C=O) groups is 1. The monoisotopic (exact) mass is 517 g/mol. The maximum atomic E-state index is 12.8. The molecule has 1 amide bonds. The Hall–Kier alpha value is -2.98. The molecule has 1 N–H and O–H groups in total. The number of piperazine rings is 1. The van der Waals surface area contributed by atoms with Crippen LogP contribution in [-0.4, -0.2) is 92.0 Å². The lowest BCUT2D eigenvalue weighted by atomic mass is 10.1. The van der Waals surface area contributed by atoms with Crippen molar-refractivity contribution in [3.05, 3.63) is 35.1 Å². The summed E-state index contributed by atoms with van der Waals surface area (Å²) in [6.07, 6.45) is -0.983. The molecule has 0 aliphatic carbocycles. The summed E-state index contributed by atoms with van der Waals surface area (Å²) < 4.78 is 14.8. The number of imidazole rings is 1. The Labute approximate surface area is 215 Å². The number of hydrogen-bond donors (Lipinski definition) is 1. The van der Waals surface area contributed by atoms with Gasteiger partial charge in [0.15, 0.2) is 17.0 Å². The molecule has 1 aliphatic heterocycles. The highest BCUT2D eigenvalue weighted by Crippen LogP contribution is 2.33. The van der Waals surface area contributed by atoms with Crippen LogP contribution in [0.5, 0.6) is 0 Å². The molecule has 0 bridgehead atoms. The summed E-state index contributed by atoms with van der Waals surface area (Å²) in [6, 6.07) is 7.46. The number of hydrogen-bond acceptors (Lipinski definition) is 6. The second kappa shape index (κ2) is 10.6. The second-order valence-corrected chi connectivity index (χ2v) is 10.4. The fourth-order valence-electron chi connectivity index (χ4n) is 4.59. The van der Waals surface area contributed by atoms with Crippen molar-refractivity contribution >= 4 is 34.7 Å². The highest BCUT2D eigenvalue weighted by Gasteiger charge is 2.28. The minimum Gasteiger partial charge on any atom is -0.465 e. The van der Waals surface area contributed by atoms with E-state index >= 15 is 0 Å². The van der Waals surface area contributed by atoms with Crippen LogP contribution in [-0.2, 0) is 6.54 Å². The fraction of sp³-hybridized carbons (Fsp3) is 0.520. The molecule has 0 saturated carbocycles. The number of nitrogens with zero attached hydrogens (tertiary/aromatic N) is 7. The van der Waals surface area contributed by atoms with Crippen molar-refractivity contribution < 1.29 is 14.3 Å². The van der Waals surface area contributed by atoms with Crippen LogP contribution in [0.4, 0.5) is 15.0 Å². The van der Waals surface area contributed by atoms with Crippen molar-refractivity contribution in [1.29, 1.82) is 0 Å². The zero-order valence-corrected chi connectivity index (χ0v) is 22.0. The number of aryl methyl sites for hydroxylation is 1. The minimum absolute atomic E-state index is 0.252. The number of rotatable bonds is 7. The van der Waals surface area contributed by atoms with Gasteiger partial charge in [-0.05, 0) is 39.8 Å². The van der Waals surface area contributed by atoms with Gasteiger partial charge in [-0.25, -0.2) is 24.1 Å². The van der Waals surface area contributed by atoms with E-state index < -0.39 is 11.6 Å². The van der Waals surface area contributed by atoms with E-state index in [4.69, 9.17) is 26.6 Å². The number of alkyl halides is 1. The number of aromatic nitrogens is 4. The van der Waals surface area contributed by atoms with Gasteiger partial charge in [0.25, 0.3) is 0 Å². The van der Waals surface area contributed by atoms with Gasteiger partial charge in [0, 0.05) is 56.9 Å². The number of amides is 1. The van der Waals surface area contributed by atoms with Crippen LogP contribution in [0.15, 0.2) is 24.3 Å². The first-order valence-electron chi connectivity index (χ1n) is 12.1. The summed E-state index contributed by atoms with van der Waals surface area (Å²) in [5.74, 6) is 1.95. The topological polar surface area (TPSA) is 90.6 Å². The zero-order valence-electron chi connectivity index (χ0n) is 21.2. The van der Waals surface area contributed by atoms with Gasteiger partial charge in [0.1, 0.15) is 18.3 Å². The first-order chi connectivity index (χ1) is 17.1. The largest absolute Gasteiger partial charge is 0.465 e. The van der Waals surface area contributed by atoms with Crippen molar-refractivity contribution in [1.82, 2.24) is 29.3 Å². The Morgan fingerprint density at radius 2 is 1.81 bits per heavy atom. The Kier molecular flexibility index (Phi) is 7.65. The fourth-order valence-corrected chi connectivity index (χ4v) is 4.81. The van der Waals surface area contributed by atoms with Gasteiger partial charge < -0.3 is 19.5 Å². The van der Waals surface area contributed by atoms with Gasteiger partial charge in [-0.3, -0.25) is 4.90 Å². The maximum absolute atomic E-state index is 12.8. The lowest BCUT2D eigenvalue weighted by Gasteiger charge is -2.35. The molecule has 11 heteroatoms. The molecule has 2 aromatic heterocycles. The molecule has 9 nitrogen and oxygen atoms in total. The standard InChI is InChI=1S/C25H33ClFN7O2/c1-17-28-22(32-13-11-31(10-9-27)12-14-32)20-23(29-17)33(15-16-34(24(35)36)25(2,3)4)21(30-20)18-7-5-6-8-19(18)26/h5-8H,9-16H2,1-4H3,(H,35,36). The average molecular weight is 518 g/mol. The molecule has 0 spiro atoms. The normalized spacial score (nSPS) is 15.0. The molecule has 3 heterocycles. The quantitative estimate of drug-likeness (QED) is 0.499. The molecule has 3 aromatic rings. The summed E-state index contributed by atoms with van der Waals surface area (Å²) in [5, 5.41) is 10.4. The van der Waals surface area contributed by atoms with E-state index in [2.05, 4.69) is 9.80 Å². The van der Waals surface area contributed by atoms with E-state index in [0.29, 0.717) is 54.0 Å². The van der Waals surface area contributed by atoms with Gasteiger partial charge >= 0.3 is 6.09 Å². The van der Waals surface area contributed by atoms with Crippen molar-refractivity contribution in [2.24, 2.45) is 0 Å². The minimum atomic E-state index is -0.983. The lowest BCUT2D eigenvalue weighted by molar-refractivity contribution is 0.0981. The molecule has 4 rings (SSSR count). The molecular weight excluding hydrogens is 485 g/mol. The smallest absolute Gasteiger partial charge is 0.407 e. The molecule has 1 fully saturated rings. The van der Waals surface area contributed by atoms with E-state index in [9.17, 15) is 14.3 Å². The van der Waals surface area contributed by atoms with E-state index in [-0.39, 0.29) is 13.2 Å². The van der Waals surface area contributed by atoms with Gasteiger partial charge in [-0.1, -0.05) is 23.7 Å².